The molecular weight excluding hydrogens is 725 g/mol. The summed E-state index contributed by atoms with van der Waals surface area (Å²) in [5.74, 6) is -2.56. The third-order valence-corrected chi connectivity index (χ3v) is 8.09. The second kappa shape index (κ2) is 17.5. The molecule has 51 heavy (non-hydrogen) atoms. The van der Waals surface area contributed by atoms with E-state index in [4.69, 9.17) is 73.4 Å². The van der Waals surface area contributed by atoms with Crippen LogP contribution < -0.4 is 4.74 Å². The highest BCUT2D eigenvalue weighted by Crippen LogP contribution is 2.35. The smallest absolute Gasteiger partial charge is 0.338 e. The van der Waals surface area contributed by atoms with E-state index >= 15 is 0 Å². The third-order valence-electron chi connectivity index (χ3n) is 7.58. The van der Waals surface area contributed by atoms with Crippen LogP contribution in [0.25, 0.3) is 0 Å². The van der Waals surface area contributed by atoms with Crippen molar-refractivity contribution >= 4 is 58.6 Å². The molecule has 1 saturated heterocycles. The van der Waals surface area contributed by atoms with Crippen LogP contribution in [0.5, 0.6) is 5.75 Å². The van der Waals surface area contributed by atoms with Gasteiger partial charge in [-0.25, -0.2) is 14.4 Å². The molecule has 0 unspecified atom stereocenters. The summed E-state index contributed by atoms with van der Waals surface area (Å²) in [5.41, 5.74) is 1.28. The highest BCUT2D eigenvalue weighted by Gasteiger charge is 2.53. The van der Waals surface area contributed by atoms with Crippen molar-refractivity contribution in [3.05, 3.63) is 138 Å². The molecule has 266 valence electrons. The Kier molecular flexibility index (Phi) is 12.9. The molecule has 1 aliphatic rings. The van der Waals surface area contributed by atoms with Crippen LogP contribution >= 0.6 is 34.8 Å². The van der Waals surface area contributed by atoms with Crippen LogP contribution in [-0.4, -0.2) is 72.0 Å². The zero-order chi connectivity index (χ0) is 36.4. The maximum Gasteiger partial charge on any atom is 0.338 e. The van der Waals surface area contributed by atoms with Gasteiger partial charge in [-0.05, 0) is 54.1 Å². The number of nitrogens with one attached hydrogen (secondary N) is 1. The summed E-state index contributed by atoms with van der Waals surface area (Å²) < 4.78 is 38.8. The van der Waals surface area contributed by atoms with Gasteiger partial charge in [0.15, 0.2) is 12.2 Å². The average Bonchev–Trinajstić information content (AvgIpc) is 3.15. The van der Waals surface area contributed by atoms with Gasteiger partial charge in [-0.1, -0.05) is 102 Å². The quantitative estimate of drug-likeness (QED) is 0.0530. The molecule has 11 nitrogen and oxygen atoms in total. The summed E-state index contributed by atoms with van der Waals surface area (Å²) in [7, 11) is 1.53. The minimum absolute atomic E-state index is 0.0986. The number of benzene rings is 4. The number of carbonyl (C=O) groups excluding carboxylic acids is 3. The van der Waals surface area contributed by atoms with Crippen molar-refractivity contribution in [1.82, 2.24) is 0 Å². The number of methoxy groups -OCH3 is 1. The van der Waals surface area contributed by atoms with Gasteiger partial charge in [0, 0.05) is 0 Å². The number of rotatable bonds is 12. The fourth-order valence-electron chi connectivity index (χ4n) is 5.01. The van der Waals surface area contributed by atoms with Crippen LogP contribution in [0.2, 0.25) is 0 Å². The molecular formula is C37H32Cl3NO10. The molecule has 5 rings (SSSR count). The fourth-order valence-corrected chi connectivity index (χ4v) is 5.14. The number of ether oxygens (including phenoxy) is 7. The SMILES string of the molecule is COc1ccc(CO[C@@H]2[C@H](OC(=O)c3ccccc3)[C@@H](OC(=N)C(Cl)(Cl)Cl)O[C@H](COC(=O)c3ccccc3)[C@H]2OC(=O)c2ccccc2)cc1. The fraction of sp³-hybridized carbons (Fsp3) is 0.243. The Labute approximate surface area is 308 Å². The van der Waals surface area contributed by atoms with Gasteiger partial charge in [0.25, 0.3) is 3.79 Å². The number of hydrogen-bond acceptors (Lipinski definition) is 11. The van der Waals surface area contributed by atoms with Crippen molar-refractivity contribution in [2.75, 3.05) is 13.7 Å². The Morgan fingerprint density at radius 1 is 0.667 bits per heavy atom. The van der Waals surface area contributed by atoms with Crippen LogP contribution in [0.4, 0.5) is 0 Å². The Morgan fingerprint density at radius 3 is 1.65 bits per heavy atom. The van der Waals surface area contributed by atoms with E-state index in [9.17, 15) is 14.4 Å². The van der Waals surface area contributed by atoms with E-state index in [1.165, 1.54) is 19.2 Å². The molecule has 1 heterocycles. The molecule has 0 radical (unpaired) electrons. The van der Waals surface area contributed by atoms with Crippen molar-refractivity contribution < 1.29 is 47.5 Å². The normalized spacial score (nSPS) is 20.0. The highest BCUT2D eigenvalue weighted by molar-refractivity contribution is 6.76. The highest BCUT2D eigenvalue weighted by atomic mass is 35.6. The van der Waals surface area contributed by atoms with E-state index in [1.807, 2.05) is 0 Å². The minimum Gasteiger partial charge on any atom is -0.497 e. The van der Waals surface area contributed by atoms with E-state index in [-0.39, 0.29) is 23.3 Å². The van der Waals surface area contributed by atoms with Crippen molar-refractivity contribution in [3.63, 3.8) is 0 Å². The zero-order valence-corrected chi connectivity index (χ0v) is 29.3. The van der Waals surface area contributed by atoms with Crippen LogP contribution in [0.1, 0.15) is 36.6 Å². The first-order chi connectivity index (χ1) is 24.5. The van der Waals surface area contributed by atoms with Crippen molar-refractivity contribution in [2.24, 2.45) is 0 Å². The van der Waals surface area contributed by atoms with Gasteiger partial charge in [-0.3, -0.25) is 5.41 Å². The molecule has 4 aromatic rings. The molecule has 5 atom stereocenters. The maximum absolute atomic E-state index is 13.6. The lowest BCUT2D eigenvalue weighted by Gasteiger charge is -2.44. The van der Waals surface area contributed by atoms with Gasteiger partial charge in [-0.2, -0.15) is 0 Å². The molecule has 0 saturated carbocycles. The summed E-state index contributed by atoms with van der Waals surface area (Å²) in [4.78, 5) is 40.1. The molecule has 0 amide bonds. The predicted octanol–water partition coefficient (Wildman–Crippen LogP) is 6.98. The molecule has 0 bridgehead atoms. The van der Waals surface area contributed by atoms with E-state index < -0.39 is 64.9 Å². The first-order valence-corrected chi connectivity index (χ1v) is 16.6. The minimum atomic E-state index is -2.34. The molecule has 1 fully saturated rings. The lowest BCUT2D eigenvalue weighted by Crippen LogP contribution is -2.63. The number of halogens is 3. The van der Waals surface area contributed by atoms with E-state index in [1.54, 1.807) is 103 Å². The lowest BCUT2D eigenvalue weighted by atomic mass is 9.97. The monoisotopic (exact) mass is 755 g/mol. The van der Waals surface area contributed by atoms with Gasteiger partial charge < -0.3 is 33.2 Å². The van der Waals surface area contributed by atoms with Crippen LogP contribution in [0.15, 0.2) is 115 Å². The second-order valence-electron chi connectivity index (χ2n) is 11.0. The third kappa shape index (κ3) is 10.2. The summed E-state index contributed by atoms with van der Waals surface area (Å²) in [5, 5.41) is 8.32. The summed E-state index contributed by atoms with van der Waals surface area (Å²) in [6.07, 6.45) is -7.30. The Morgan fingerprint density at radius 2 is 1.16 bits per heavy atom. The number of carbonyl (C=O) groups is 3. The van der Waals surface area contributed by atoms with E-state index in [0.29, 0.717) is 11.3 Å². The zero-order valence-electron chi connectivity index (χ0n) is 27.0. The molecule has 0 aromatic heterocycles. The van der Waals surface area contributed by atoms with Crippen molar-refractivity contribution in [3.8, 4) is 5.75 Å². The Balaban J connectivity index is 1.55. The van der Waals surface area contributed by atoms with E-state index in [0.717, 1.165) is 0 Å². The lowest BCUT2D eigenvalue weighted by molar-refractivity contribution is -0.289. The number of esters is 3. The van der Waals surface area contributed by atoms with Gasteiger partial charge in [-0.15, -0.1) is 0 Å². The first-order valence-electron chi connectivity index (χ1n) is 15.5. The molecule has 0 spiro atoms. The van der Waals surface area contributed by atoms with Gasteiger partial charge >= 0.3 is 17.9 Å². The van der Waals surface area contributed by atoms with Crippen molar-refractivity contribution in [2.45, 2.75) is 41.1 Å². The van der Waals surface area contributed by atoms with Gasteiger partial charge in [0.05, 0.1) is 30.4 Å². The largest absolute Gasteiger partial charge is 0.497 e. The van der Waals surface area contributed by atoms with E-state index in [2.05, 4.69) is 0 Å². The molecule has 1 aliphatic heterocycles. The van der Waals surface area contributed by atoms with Gasteiger partial charge in [0.2, 0.25) is 12.2 Å². The van der Waals surface area contributed by atoms with Crippen LogP contribution in [0.3, 0.4) is 0 Å². The van der Waals surface area contributed by atoms with Crippen LogP contribution in [-0.2, 0) is 35.0 Å². The number of alkyl halides is 3. The van der Waals surface area contributed by atoms with Crippen LogP contribution in [0, 0.1) is 5.41 Å². The van der Waals surface area contributed by atoms with Crippen molar-refractivity contribution in [1.29, 1.82) is 5.41 Å². The maximum atomic E-state index is 13.6. The average molecular weight is 757 g/mol. The summed E-state index contributed by atoms with van der Waals surface area (Å²) in [6, 6.07) is 31.3. The number of hydrogen-bond donors (Lipinski definition) is 1. The molecule has 4 aromatic carbocycles. The standard InChI is InChI=1S/C37H32Cl3NO10/c1-45-27-19-17-23(18-20-27)21-46-30-29(49-33(43)25-13-7-3-8-14-25)28(22-47-32(42)24-11-5-2-6-12-24)48-35(51-36(41)37(38,39)40)31(30)50-34(44)26-15-9-4-10-16-26/h2-20,28-31,35,41H,21-22H2,1H3/t28-,29-,30+,31+,35-/m1/s1. The topological polar surface area (TPSA) is 140 Å². The Bertz CT molecular complexity index is 1770. The molecule has 0 aliphatic carbocycles. The summed E-state index contributed by atoms with van der Waals surface area (Å²) >= 11 is 17.9. The second-order valence-corrected chi connectivity index (χ2v) is 13.3. The predicted molar refractivity (Wildman–Crippen MR) is 187 cm³/mol. The summed E-state index contributed by atoms with van der Waals surface area (Å²) in [6.45, 7) is -0.595. The van der Waals surface area contributed by atoms with Gasteiger partial charge in [0.1, 0.15) is 24.6 Å². The Hall–Kier alpha value is -4.65. The first kappa shape index (κ1) is 37.6. The molecule has 1 N–H and O–H groups in total. The molecule has 14 heteroatoms.